The van der Waals surface area contributed by atoms with Gasteiger partial charge in [-0.2, -0.15) is 0 Å². The maximum absolute atomic E-state index is 13.8. The van der Waals surface area contributed by atoms with Gasteiger partial charge >= 0.3 is 5.97 Å². The summed E-state index contributed by atoms with van der Waals surface area (Å²) in [5, 5.41) is 0. The van der Waals surface area contributed by atoms with E-state index in [0.717, 1.165) is 16.8 Å². The molecule has 3 aromatic rings. The second-order valence-corrected chi connectivity index (χ2v) is 11.1. The lowest BCUT2D eigenvalue weighted by Gasteiger charge is -2.26. The first-order valence-electron chi connectivity index (χ1n) is 13.8. The quantitative estimate of drug-likeness (QED) is 0.371. The molecule has 1 atom stereocenters. The number of aromatic nitrogens is 1. The summed E-state index contributed by atoms with van der Waals surface area (Å²) in [6.07, 6.45) is 1.79. The Kier molecular flexibility index (Phi) is 8.89. The van der Waals surface area contributed by atoms with E-state index in [0.29, 0.717) is 52.7 Å². The first kappa shape index (κ1) is 29.3. The fraction of sp³-hybridized carbons (Fsp3) is 0.355. The van der Waals surface area contributed by atoms with Crippen LogP contribution in [0, 0.1) is 0 Å². The van der Waals surface area contributed by atoms with Gasteiger partial charge in [0, 0.05) is 32.9 Å². The van der Waals surface area contributed by atoms with Gasteiger partial charge in [0.2, 0.25) is 0 Å². The van der Waals surface area contributed by atoms with Crippen molar-refractivity contribution in [3.8, 4) is 5.75 Å². The number of amides is 1. The average molecular weight is 591 g/mol. The lowest BCUT2D eigenvalue weighted by atomic mass is 9.95. The molecule has 0 bridgehead atoms. The number of hydrogen-bond donors (Lipinski definition) is 0. The Morgan fingerprint density at radius 2 is 1.79 bits per heavy atom. The monoisotopic (exact) mass is 590 g/mol. The minimum Gasteiger partial charge on any atom is -0.484 e. The summed E-state index contributed by atoms with van der Waals surface area (Å²) in [6, 6.07) is 14.3. The van der Waals surface area contributed by atoms with Gasteiger partial charge in [0.05, 0.1) is 41.7 Å². The summed E-state index contributed by atoms with van der Waals surface area (Å²) in [4.78, 5) is 48.2. The fourth-order valence-electron chi connectivity index (χ4n) is 4.92. The highest BCUT2D eigenvalue weighted by Gasteiger charge is 2.33. The van der Waals surface area contributed by atoms with Crippen LogP contribution in [0.4, 0.5) is 5.69 Å². The van der Waals surface area contributed by atoms with Crippen molar-refractivity contribution in [3.63, 3.8) is 0 Å². The molecule has 1 fully saturated rings. The number of hydrogen-bond acceptors (Lipinski definition) is 9. The fourth-order valence-corrected chi connectivity index (χ4v) is 5.97. The SMILES string of the molecule is CCOC(=O)C1=C(C)N=c2s/c(=C/c3ccc(OCC(=O)N4CCOCC4)cc3)c(=O)n2[C@@H]1c1ccc(N(C)C)cc1. The van der Waals surface area contributed by atoms with Crippen molar-refractivity contribution in [2.45, 2.75) is 19.9 Å². The van der Waals surface area contributed by atoms with E-state index in [-0.39, 0.29) is 24.7 Å². The Balaban J connectivity index is 1.44. The number of ether oxygens (including phenoxy) is 3. The number of rotatable bonds is 8. The van der Waals surface area contributed by atoms with E-state index in [1.54, 1.807) is 41.5 Å². The first-order chi connectivity index (χ1) is 20.3. The van der Waals surface area contributed by atoms with Crippen LogP contribution in [0.2, 0.25) is 0 Å². The Morgan fingerprint density at radius 3 is 2.43 bits per heavy atom. The zero-order chi connectivity index (χ0) is 29.8. The molecule has 2 aliphatic rings. The molecule has 1 aromatic heterocycles. The number of allylic oxidation sites excluding steroid dienone is 1. The Labute approximate surface area is 247 Å². The van der Waals surface area contributed by atoms with Gasteiger partial charge < -0.3 is 24.0 Å². The number of fused-ring (bicyclic) bond motifs is 1. The summed E-state index contributed by atoms with van der Waals surface area (Å²) >= 11 is 1.27. The molecule has 0 saturated carbocycles. The van der Waals surface area contributed by atoms with Crippen LogP contribution in [0.5, 0.6) is 5.75 Å². The zero-order valence-corrected chi connectivity index (χ0v) is 25.0. The van der Waals surface area contributed by atoms with Gasteiger partial charge in [-0.25, -0.2) is 9.79 Å². The van der Waals surface area contributed by atoms with Crippen molar-refractivity contribution in [3.05, 3.63) is 90.6 Å². The molecule has 3 heterocycles. The highest BCUT2D eigenvalue weighted by molar-refractivity contribution is 7.07. The van der Waals surface area contributed by atoms with Crippen LogP contribution in [0.25, 0.3) is 6.08 Å². The minimum atomic E-state index is -0.668. The molecule has 0 N–H and O–H groups in total. The molecule has 42 heavy (non-hydrogen) atoms. The molecule has 0 spiro atoms. The molecule has 220 valence electrons. The molecule has 0 radical (unpaired) electrons. The van der Waals surface area contributed by atoms with Crippen molar-refractivity contribution in [2.75, 3.05) is 58.5 Å². The van der Waals surface area contributed by atoms with E-state index in [4.69, 9.17) is 14.2 Å². The normalized spacial score (nSPS) is 17.0. The molecule has 1 amide bonds. The number of carbonyl (C=O) groups is 2. The Hall–Kier alpha value is -4.22. The summed E-state index contributed by atoms with van der Waals surface area (Å²) in [7, 11) is 3.91. The van der Waals surface area contributed by atoms with E-state index < -0.39 is 12.0 Å². The van der Waals surface area contributed by atoms with Crippen molar-refractivity contribution in [1.82, 2.24) is 9.47 Å². The number of morpholine rings is 1. The van der Waals surface area contributed by atoms with E-state index in [9.17, 15) is 14.4 Å². The average Bonchev–Trinajstić information content (AvgIpc) is 3.30. The lowest BCUT2D eigenvalue weighted by molar-refractivity contribution is -0.139. The van der Waals surface area contributed by atoms with Crippen LogP contribution in [0.15, 0.2) is 69.6 Å². The Bertz CT molecular complexity index is 1670. The van der Waals surface area contributed by atoms with Gasteiger partial charge in [0.25, 0.3) is 11.5 Å². The predicted molar refractivity (Wildman–Crippen MR) is 161 cm³/mol. The van der Waals surface area contributed by atoms with Crippen LogP contribution in [0.1, 0.15) is 31.0 Å². The third-order valence-electron chi connectivity index (χ3n) is 7.15. The van der Waals surface area contributed by atoms with E-state index in [1.807, 2.05) is 55.4 Å². The molecule has 2 aromatic carbocycles. The topological polar surface area (TPSA) is 103 Å². The molecule has 2 aliphatic heterocycles. The molecule has 5 rings (SSSR count). The van der Waals surface area contributed by atoms with E-state index in [2.05, 4.69) is 4.99 Å². The van der Waals surface area contributed by atoms with Gasteiger partial charge in [-0.3, -0.25) is 14.2 Å². The number of nitrogens with zero attached hydrogens (tertiary/aromatic N) is 4. The molecular formula is C31H34N4O6S. The molecule has 11 heteroatoms. The summed E-state index contributed by atoms with van der Waals surface area (Å²) in [5.74, 6) is -0.00428. The van der Waals surface area contributed by atoms with E-state index in [1.165, 1.54) is 11.3 Å². The van der Waals surface area contributed by atoms with Gasteiger partial charge in [0.15, 0.2) is 11.4 Å². The first-order valence-corrected chi connectivity index (χ1v) is 14.6. The number of thiazole rings is 1. The molecule has 1 saturated heterocycles. The van der Waals surface area contributed by atoms with E-state index >= 15 is 0 Å². The summed E-state index contributed by atoms with van der Waals surface area (Å²) < 4.78 is 18.4. The largest absolute Gasteiger partial charge is 0.484 e. The smallest absolute Gasteiger partial charge is 0.338 e. The number of esters is 1. The lowest BCUT2D eigenvalue weighted by Crippen LogP contribution is -2.42. The van der Waals surface area contributed by atoms with Crippen molar-refractivity contribution in [2.24, 2.45) is 4.99 Å². The standard InChI is InChI=1S/C31H34N4O6S/c1-5-40-30(38)27-20(2)32-31-35(28(27)22-8-10-23(11-9-22)33(3)4)29(37)25(42-31)18-21-6-12-24(13-7-21)41-19-26(36)34-14-16-39-17-15-34/h6-13,18,28H,5,14-17,19H2,1-4H3/b25-18+/t28-/m1/s1. The van der Waals surface area contributed by atoms with Crippen molar-refractivity contribution in [1.29, 1.82) is 0 Å². The maximum Gasteiger partial charge on any atom is 0.338 e. The molecule has 10 nitrogen and oxygen atoms in total. The van der Waals surface area contributed by atoms with Gasteiger partial charge in [-0.05, 0) is 55.3 Å². The van der Waals surface area contributed by atoms with Gasteiger partial charge in [0.1, 0.15) is 5.75 Å². The van der Waals surface area contributed by atoms with Crippen LogP contribution >= 0.6 is 11.3 Å². The minimum absolute atomic E-state index is 0.0460. The number of anilines is 1. The summed E-state index contributed by atoms with van der Waals surface area (Å²) in [5.41, 5.74) is 3.21. The van der Waals surface area contributed by atoms with Crippen LogP contribution < -0.4 is 24.5 Å². The maximum atomic E-state index is 13.8. The highest BCUT2D eigenvalue weighted by atomic mass is 32.1. The zero-order valence-electron chi connectivity index (χ0n) is 24.2. The second-order valence-electron chi connectivity index (χ2n) is 10.1. The third-order valence-corrected chi connectivity index (χ3v) is 8.13. The van der Waals surface area contributed by atoms with Crippen molar-refractivity contribution < 1.29 is 23.8 Å². The summed E-state index contributed by atoms with van der Waals surface area (Å²) in [6.45, 7) is 5.92. The molecule has 0 unspecified atom stereocenters. The van der Waals surface area contributed by atoms with Gasteiger partial charge in [-0.1, -0.05) is 35.6 Å². The van der Waals surface area contributed by atoms with Crippen LogP contribution in [0.3, 0.4) is 0 Å². The predicted octanol–water partition coefficient (Wildman–Crippen LogP) is 2.10. The highest BCUT2D eigenvalue weighted by Crippen LogP contribution is 2.31. The van der Waals surface area contributed by atoms with Gasteiger partial charge in [-0.15, -0.1) is 0 Å². The van der Waals surface area contributed by atoms with Crippen molar-refractivity contribution >= 4 is 35.0 Å². The molecule has 0 aliphatic carbocycles. The molecular weight excluding hydrogens is 556 g/mol. The Morgan fingerprint density at radius 1 is 1.10 bits per heavy atom. The second kappa shape index (κ2) is 12.7. The number of benzene rings is 2. The van der Waals surface area contributed by atoms with Crippen LogP contribution in [-0.4, -0.2) is 75.0 Å². The third kappa shape index (κ3) is 6.17. The van der Waals surface area contributed by atoms with Crippen LogP contribution in [-0.2, 0) is 19.1 Å². The number of carbonyl (C=O) groups excluding carboxylic acids is 2.